The van der Waals surface area contributed by atoms with E-state index in [0.717, 1.165) is 49.1 Å². The van der Waals surface area contributed by atoms with Crippen LogP contribution in [0.4, 0.5) is 34.6 Å². The Morgan fingerprint density at radius 3 is 2.51 bits per heavy atom. The number of hydrogen-bond donors (Lipinski definition) is 2. The molecule has 2 fully saturated rings. The maximum absolute atomic E-state index is 15.0. The first kappa shape index (κ1) is 25.3. The van der Waals surface area contributed by atoms with Crippen LogP contribution in [0.5, 0.6) is 0 Å². The molecular formula is C27H30F4N6. The minimum Gasteiger partial charge on any atom is -0.376 e. The van der Waals surface area contributed by atoms with Crippen LogP contribution in [0, 0.1) is 23.4 Å². The summed E-state index contributed by atoms with van der Waals surface area (Å²) in [6.07, 6.45) is 3.64. The number of rotatable bonds is 6. The summed E-state index contributed by atoms with van der Waals surface area (Å²) < 4.78 is 58.3. The summed E-state index contributed by atoms with van der Waals surface area (Å²) >= 11 is 0. The number of nitrogens with zero attached hydrogens (tertiary/aromatic N) is 4. The Morgan fingerprint density at radius 1 is 1.03 bits per heavy atom. The normalized spacial score (nSPS) is 21.9. The highest BCUT2D eigenvalue weighted by molar-refractivity contribution is 5.69. The Kier molecular flexibility index (Phi) is 7.19. The number of aromatic nitrogens is 2. The molecule has 196 valence electrons. The van der Waals surface area contributed by atoms with E-state index in [1.165, 1.54) is 6.07 Å². The summed E-state index contributed by atoms with van der Waals surface area (Å²) in [5.74, 6) is -2.28. The van der Waals surface area contributed by atoms with Gasteiger partial charge in [-0.15, -0.1) is 0 Å². The van der Waals surface area contributed by atoms with Gasteiger partial charge in [-0.3, -0.25) is 4.98 Å². The Balaban J connectivity index is 1.37. The molecule has 0 radical (unpaired) electrons. The summed E-state index contributed by atoms with van der Waals surface area (Å²) in [5.41, 5.74) is 7.61. The molecule has 0 saturated carbocycles. The van der Waals surface area contributed by atoms with Crippen LogP contribution in [0.25, 0.3) is 11.3 Å². The van der Waals surface area contributed by atoms with Gasteiger partial charge in [-0.05, 0) is 49.1 Å². The largest absolute Gasteiger partial charge is 0.376 e. The van der Waals surface area contributed by atoms with Crippen molar-refractivity contribution in [2.45, 2.75) is 38.5 Å². The third kappa shape index (κ3) is 5.49. The van der Waals surface area contributed by atoms with E-state index in [-0.39, 0.29) is 24.8 Å². The van der Waals surface area contributed by atoms with Gasteiger partial charge in [0.25, 0.3) is 0 Å². The van der Waals surface area contributed by atoms with Crippen molar-refractivity contribution in [1.29, 1.82) is 0 Å². The van der Waals surface area contributed by atoms with E-state index in [0.29, 0.717) is 24.6 Å². The van der Waals surface area contributed by atoms with Crippen molar-refractivity contribution in [2.75, 3.05) is 41.3 Å². The first-order valence-corrected chi connectivity index (χ1v) is 12.5. The molecule has 1 aromatic carbocycles. The van der Waals surface area contributed by atoms with Crippen LogP contribution >= 0.6 is 0 Å². The summed E-state index contributed by atoms with van der Waals surface area (Å²) in [6, 6.07) is 6.82. The minimum atomic E-state index is -1.04. The van der Waals surface area contributed by atoms with Crippen LogP contribution in [0.3, 0.4) is 0 Å². The maximum Gasteiger partial charge on any atom is 0.149 e. The van der Waals surface area contributed by atoms with E-state index in [2.05, 4.69) is 27.1 Å². The molecule has 10 heteroatoms. The number of nitrogens with two attached hydrogens (primary N) is 1. The standard InChI is InChI=1S/C27H30F4N6/c1-16-8-18(32)15-37(13-16)25-4-6-33-12-24(25)34-11-19-2-3-21(29)27(35-19)26-22(30)9-20(10-23(26)31)36-7-5-17(28)14-36/h2-4,6,9-10,12,16-18,34H,5,7-8,11,13-15,32H2,1H3. The highest BCUT2D eigenvalue weighted by atomic mass is 19.1. The molecule has 0 bridgehead atoms. The topological polar surface area (TPSA) is 70.3 Å². The zero-order valence-corrected chi connectivity index (χ0v) is 20.6. The number of benzene rings is 1. The second-order valence-electron chi connectivity index (χ2n) is 10.0. The molecule has 0 amide bonds. The lowest BCUT2D eigenvalue weighted by Crippen LogP contribution is -2.46. The molecule has 3 atom stereocenters. The number of anilines is 3. The zero-order valence-electron chi connectivity index (χ0n) is 20.6. The van der Waals surface area contributed by atoms with Gasteiger partial charge in [-0.25, -0.2) is 22.5 Å². The van der Waals surface area contributed by atoms with Gasteiger partial charge in [0, 0.05) is 44.1 Å². The molecule has 3 unspecified atom stereocenters. The van der Waals surface area contributed by atoms with Crippen molar-refractivity contribution in [1.82, 2.24) is 9.97 Å². The Hall–Kier alpha value is -3.40. The monoisotopic (exact) mass is 514 g/mol. The SMILES string of the molecule is CC1CC(N)CN(c2ccncc2NCc2ccc(F)c(-c3c(F)cc(N4CCC(F)C4)cc3F)n2)C1. The summed E-state index contributed by atoms with van der Waals surface area (Å²) in [6.45, 7) is 4.38. The highest BCUT2D eigenvalue weighted by Gasteiger charge is 2.26. The summed E-state index contributed by atoms with van der Waals surface area (Å²) in [5, 5.41) is 3.27. The molecule has 37 heavy (non-hydrogen) atoms. The lowest BCUT2D eigenvalue weighted by atomic mass is 9.96. The lowest BCUT2D eigenvalue weighted by Gasteiger charge is -2.37. The van der Waals surface area contributed by atoms with E-state index < -0.39 is 34.9 Å². The molecule has 2 saturated heterocycles. The number of hydrogen-bond acceptors (Lipinski definition) is 6. The number of piperidine rings is 1. The van der Waals surface area contributed by atoms with Gasteiger partial charge in [-0.2, -0.15) is 0 Å². The molecule has 2 aliphatic rings. The van der Waals surface area contributed by atoms with E-state index in [1.807, 2.05) is 6.07 Å². The molecule has 0 aliphatic carbocycles. The minimum absolute atomic E-state index is 0.0740. The van der Waals surface area contributed by atoms with E-state index in [9.17, 15) is 8.78 Å². The van der Waals surface area contributed by atoms with Crippen LogP contribution < -0.4 is 20.9 Å². The number of nitrogens with one attached hydrogen (secondary N) is 1. The van der Waals surface area contributed by atoms with Crippen molar-refractivity contribution in [2.24, 2.45) is 11.7 Å². The van der Waals surface area contributed by atoms with Crippen molar-refractivity contribution >= 4 is 17.1 Å². The number of pyridine rings is 2. The molecule has 3 aromatic rings. The first-order chi connectivity index (χ1) is 17.8. The molecule has 6 nitrogen and oxygen atoms in total. The molecule has 4 heterocycles. The van der Waals surface area contributed by atoms with E-state index in [4.69, 9.17) is 5.73 Å². The Labute approximate surface area is 213 Å². The van der Waals surface area contributed by atoms with Crippen molar-refractivity contribution < 1.29 is 17.6 Å². The third-order valence-electron chi connectivity index (χ3n) is 6.95. The average Bonchev–Trinajstić information content (AvgIpc) is 3.30. The lowest BCUT2D eigenvalue weighted by molar-refractivity contribution is 0.364. The molecular weight excluding hydrogens is 484 g/mol. The van der Waals surface area contributed by atoms with Crippen molar-refractivity contribution in [3.05, 3.63) is 65.9 Å². The zero-order chi connectivity index (χ0) is 26.1. The van der Waals surface area contributed by atoms with Crippen LogP contribution in [0.2, 0.25) is 0 Å². The molecule has 3 N–H and O–H groups in total. The van der Waals surface area contributed by atoms with E-state index >= 15 is 8.78 Å². The molecule has 2 aliphatic heterocycles. The van der Waals surface area contributed by atoms with Crippen LogP contribution in [-0.2, 0) is 6.54 Å². The Morgan fingerprint density at radius 2 is 1.81 bits per heavy atom. The fourth-order valence-electron chi connectivity index (χ4n) is 5.26. The van der Waals surface area contributed by atoms with Gasteiger partial charge < -0.3 is 20.9 Å². The van der Waals surface area contributed by atoms with Crippen LogP contribution in [0.1, 0.15) is 25.5 Å². The summed E-state index contributed by atoms with van der Waals surface area (Å²) in [4.78, 5) is 12.2. The molecule has 0 spiro atoms. The fraction of sp³-hybridized carbons (Fsp3) is 0.407. The van der Waals surface area contributed by atoms with Crippen molar-refractivity contribution in [3.8, 4) is 11.3 Å². The van der Waals surface area contributed by atoms with Crippen molar-refractivity contribution in [3.63, 3.8) is 0 Å². The average molecular weight is 515 g/mol. The van der Waals surface area contributed by atoms with Gasteiger partial charge >= 0.3 is 0 Å². The maximum atomic E-state index is 15.0. The second-order valence-corrected chi connectivity index (χ2v) is 10.0. The quantitative estimate of drug-likeness (QED) is 0.457. The second kappa shape index (κ2) is 10.5. The number of alkyl halides is 1. The first-order valence-electron chi connectivity index (χ1n) is 12.5. The van der Waals surface area contributed by atoms with Gasteiger partial charge in [0.2, 0.25) is 0 Å². The number of halogens is 4. The van der Waals surface area contributed by atoms with E-state index in [1.54, 1.807) is 17.3 Å². The van der Waals surface area contributed by atoms with Crippen LogP contribution in [0.15, 0.2) is 42.7 Å². The molecule has 5 rings (SSSR count). The summed E-state index contributed by atoms with van der Waals surface area (Å²) in [7, 11) is 0. The van der Waals surface area contributed by atoms with Crippen LogP contribution in [-0.4, -0.2) is 48.4 Å². The highest BCUT2D eigenvalue weighted by Crippen LogP contribution is 2.33. The van der Waals surface area contributed by atoms with Gasteiger partial charge in [0.1, 0.15) is 29.3 Å². The fourth-order valence-corrected chi connectivity index (χ4v) is 5.26. The predicted molar refractivity (Wildman–Crippen MR) is 137 cm³/mol. The van der Waals surface area contributed by atoms with Gasteiger partial charge in [-0.1, -0.05) is 6.92 Å². The van der Waals surface area contributed by atoms with Gasteiger partial charge in [0.05, 0.1) is 35.4 Å². The predicted octanol–water partition coefficient (Wildman–Crippen LogP) is 4.89. The Bertz CT molecular complexity index is 1240. The third-order valence-corrected chi connectivity index (χ3v) is 6.95. The van der Waals surface area contributed by atoms with Gasteiger partial charge in [0.15, 0.2) is 0 Å². The smallest absolute Gasteiger partial charge is 0.149 e. The molecule has 2 aromatic heterocycles.